The van der Waals surface area contributed by atoms with Crippen molar-refractivity contribution in [1.82, 2.24) is 15.7 Å². The van der Waals surface area contributed by atoms with Crippen molar-refractivity contribution >= 4 is 25.6 Å². The standard InChI is InChI=1S/C14H30N4O3SSi/c1-6-19-23(20-7-2,21-8-3)13-9-12-22-14-10-11-18(16-15-14)17(4)5/h10-11,16H,6-9,12-13H2,1-5H3. The molecule has 0 saturated heterocycles. The number of rotatable bonds is 11. The smallest absolute Gasteiger partial charge is 0.374 e. The molecule has 0 unspecified atom stereocenters. The molecule has 0 aromatic heterocycles. The minimum absolute atomic E-state index is 0.624. The molecule has 0 aromatic rings. The van der Waals surface area contributed by atoms with E-state index in [1.54, 1.807) is 16.9 Å². The zero-order valence-corrected chi connectivity index (χ0v) is 16.7. The maximum atomic E-state index is 5.86. The largest absolute Gasteiger partial charge is 0.500 e. The SMILES string of the molecule is CCO[Si](CCCSC1=NNN(N(C)C)C=C1)(OCC)OCC. The van der Waals surface area contributed by atoms with E-state index in [4.69, 9.17) is 13.3 Å². The van der Waals surface area contributed by atoms with E-state index in [0.29, 0.717) is 19.8 Å². The second kappa shape index (κ2) is 11.1. The average Bonchev–Trinajstić information content (AvgIpc) is 2.53. The Labute approximate surface area is 145 Å². The minimum Gasteiger partial charge on any atom is -0.374 e. The van der Waals surface area contributed by atoms with Crippen LogP contribution in [0.15, 0.2) is 17.4 Å². The molecule has 0 bridgehead atoms. The number of nitrogens with zero attached hydrogens (tertiary/aromatic N) is 3. The van der Waals surface area contributed by atoms with Crippen LogP contribution in [0.1, 0.15) is 27.2 Å². The number of nitrogens with one attached hydrogen (secondary N) is 1. The molecule has 1 aliphatic rings. The molecule has 1 aliphatic heterocycles. The van der Waals surface area contributed by atoms with Crippen molar-refractivity contribution < 1.29 is 13.3 Å². The Morgan fingerprint density at radius 2 is 1.78 bits per heavy atom. The van der Waals surface area contributed by atoms with Gasteiger partial charge in [-0.1, -0.05) is 0 Å². The van der Waals surface area contributed by atoms with Gasteiger partial charge in [0.1, 0.15) is 5.04 Å². The van der Waals surface area contributed by atoms with E-state index in [-0.39, 0.29) is 0 Å². The van der Waals surface area contributed by atoms with Crippen molar-refractivity contribution in [3.05, 3.63) is 12.3 Å². The van der Waals surface area contributed by atoms with E-state index in [0.717, 1.165) is 23.3 Å². The fourth-order valence-electron chi connectivity index (χ4n) is 2.08. The molecular formula is C14H30N4O3SSi. The fourth-order valence-corrected chi connectivity index (χ4v) is 5.70. The number of hydrazine groups is 2. The first-order chi connectivity index (χ1) is 11.1. The Balaban J connectivity index is 2.38. The maximum absolute atomic E-state index is 5.86. The third-order valence-electron chi connectivity index (χ3n) is 3.02. The monoisotopic (exact) mass is 362 g/mol. The Kier molecular flexibility index (Phi) is 9.84. The maximum Gasteiger partial charge on any atom is 0.500 e. The van der Waals surface area contributed by atoms with Crippen LogP contribution < -0.4 is 5.53 Å². The first-order valence-corrected chi connectivity index (χ1v) is 11.0. The highest BCUT2D eigenvalue weighted by Crippen LogP contribution is 2.21. The second-order valence-electron chi connectivity index (χ2n) is 4.99. The Morgan fingerprint density at radius 3 is 2.22 bits per heavy atom. The highest BCUT2D eigenvalue weighted by molar-refractivity contribution is 8.14. The summed E-state index contributed by atoms with van der Waals surface area (Å²) >= 11 is 1.72. The molecule has 23 heavy (non-hydrogen) atoms. The first-order valence-electron chi connectivity index (χ1n) is 8.09. The van der Waals surface area contributed by atoms with E-state index >= 15 is 0 Å². The topological polar surface area (TPSA) is 58.6 Å². The van der Waals surface area contributed by atoms with Gasteiger partial charge in [0.15, 0.2) is 0 Å². The van der Waals surface area contributed by atoms with Crippen LogP contribution in [0, 0.1) is 0 Å². The van der Waals surface area contributed by atoms with Crippen molar-refractivity contribution in [2.45, 2.75) is 33.2 Å². The lowest BCUT2D eigenvalue weighted by Crippen LogP contribution is -2.46. The van der Waals surface area contributed by atoms with Crippen LogP contribution in [-0.4, -0.2) is 63.6 Å². The molecule has 1 rings (SSSR count). The number of hydrogen-bond donors (Lipinski definition) is 1. The molecule has 0 spiro atoms. The van der Waals surface area contributed by atoms with Gasteiger partial charge in [0, 0.05) is 46.2 Å². The molecule has 1 N–H and O–H groups in total. The molecule has 1 heterocycles. The zero-order chi connectivity index (χ0) is 17.1. The van der Waals surface area contributed by atoms with Crippen molar-refractivity contribution in [2.75, 3.05) is 39.7 Å². The van der Waals surface area contributed by atoms with E-state index in [9.17, 15) is 0 Å². The molecule has 0 aromatic carbocycles. The quantitative estimate of drug-likeness (QED) is 0.447. The summed E-state index contributed by atoms with van der Waals surface area (Å²) in [6.07, 6.45) is 4.93. The molecule has 0 saturated carbocycles. The highest BCUT2D eigenvalue weighted by Gasteiger charge is 2.39. The van der Waals surface area contributed by atoms with Crippen LogP contribution in [0.25, 0.3) is 0 Å². The van der Waals surface area contributed by atoms with Gasteiger partial charge in [-0.05, 0) is 39.0 Å². The number of hydrogen-bond acceptors (Lipinski definition) is 8. The summed E-state index contributed by atoms with van der Waals surface area (Å²) in [6, 6.07) is 0.837. The molecular weight excluding hydrogens is 332 g/mol. The van der Waals surface area contributed by atoms with Gasteiger partial charge in [-0.3, -0.25) is 0 Å². The van der Waals surface area contributed by atoms with E-state index in [1.165, 1.54) is 0 Å². The summed E-state index contributed by atoms with van der Waals surface area (Å²) in [5.41, 5.74) is 2.96. The van der Waals surface area contributed by atoms with Gasteiger partial charge in [-0.2, -0.15) is 5.10 Å². The van der Waals surface area contributed by atoms with Crippen molar-refractivity contribution in [1.29, 1.82) is 0 Å². The van der Waals surface area contributed by atoms with Crippen LogP contribution in [0.3, 0.4) is 0 Å². The molecule has 9 heteroatoms. The minimum atomic E-state index is -2.51. The Hall–Kier alpha value is -0.583. The fraction of sp³-hybridized carbons (Fsp3) is 0.786. The molecule has 134 valence electrons. The van der Waals surface area contributed by atoms with Crippen LogP contribution in [0.5, 0.6) is 0 Å². The van der Waals surface area contributed by atoms with Gasteiger partial charge in [-0.15, -0.1) is 11.8 Å². The predicted molar refractivity (Wildman–Crippen MR) is 97.8 cm³/mol. The van der Waals surface area contributed by atoms with E-state index in [1.807, 2.05) is 52.2 Å². The Morgan fingerprint density at radius 1 is 1.17 bits per heavy atom. The van der Waals surface area contributed by atoms with Gasteiger partial charge in [-0.25, -0.2) is 15.7 Å². The lowest BCUT2D eigenvalue weighted by Gasteiger charge is -2.29. The first kappa shape index (κ1) is 20.5. The molecule has 0 fully saturated rings. The number of hydrazone groups is 1. The highest BCUT2D eigenvalue weighted by atomic mass is 32.2. The lowest BCUT2D eigenvalue weighted by atomic mass is 10.6. The molecule has 0 amide bonds. The zero-order valence-electron chi connectivity index (χ0n) is 14.9. The average molecular weight is 363 g/mol. The van der Waals surface area contributed by atoms with Gasteiger partial charge < -0.3 is 13.3 Å². The molecule has 0 atom stereocenters. The van der Waals surface area contributed by atoms with Crippen molar-refractivity contribution in [2.24, 2.45) is 5.10 Å². The summed E-state index contributed by atoms with van der Waals surface area (Å²) in [5, 5.41) is 9.01. The molecule has 0 aliphatic carbocycles. The molecule has 0 radical (unpaired) electrons. The van der Waals surface area contributed by atoms with Gasteiger partial charge in [0.25, 0.3) is 0 Å². The van der Waals surface area contributed by atoms with Crippen molar-refractivity contribution in [3.63, 3.8) is 0 Å². The van der Waals surface area contributed by atoms with Crippen LogP contribution in [0.2, 0.25) is 6.04 Å². The van der Waals surface area contributed by atoms with Gasteiger partial charge >= 0.3 is 8.80 Å². The summed E-state index contributed by atoms with van der Waals surface area (Å²) < 4.78 is 17.6. The van der Waals surface area contributed by atoms with Crippen LogP contribution >= 0.6 is 11.8 Å². The van der Waals surface area contributed by atoms with Crippen molar-refractivity contribution in [3.8, 4) is 0 Å². The van der Waals surface area contributed by atoms with E-state index in [2.05, 4.69) is 10.6 Å². The van der Waals surface area contributed by atoms with Gasteiger partial charge in [0.05, 0.1) is 0 Å². The van der Waals surface area contributed by atoms with Crippen LogP contribution in [0.4, 0.5) is 0 Å². The second-order valence-corrected chi connectivity index (χ2v) is 8.84. The van der Waals surface area contributed by atoms with Crippen LogP contribution in [-0.2, 0) is 13.3 Å². The predicted octanol–water partition coefficient (Wildman–Crippen LogP) is 2.28. The third kappa shape index (κ3) is 7.23. The number of thioether (sulfide) groups is 1. The third-order valence-corrected chi connectivity index (χ3v) is 7.19. The van der Waals surface area contributed by atoms with Gasteiger partial charge in [0.2, 0.25) is 0 Å². The summed E-state index contributed by atoms with van der Waals surface area (Å²) in [6.45, 7) is 7.83. The normalized spacial score (nSPS) is 15.0. The molecule has 7 nitrogen and oxygen atoms in total. The lowest BCUT2D eigenvalue weighted by molar-refractivity contribution is 0.0260. The summed E-state index contributed by atoms with van der Waals surface area (Å²) in [7, 11) is 1.39. The summed E-state index contributed by atoms with van der Waals surface area (Å²) in [5.74, 6) is 0.953. The van der Waals surface area contributed by atoms with E-state index < -0.39 is 8.80 Å². The summed E-state index contributed by atoms with van der Waals surface area (Å²) in [4.78, 5) is 0. The Bertz CT molecular complexity index is 379.